The molecule has 0 radical (unpaired) electrons. The van der Waals surface area contributed by atoms with Gasteiger partial charge in [0, 0.05) is 13.2 Å². The fraction of sp³-hybridized carbons (Fsp3) is 0.857. The van der Waals surface area contributed by atoms with Crippen molar-refractivity contribution in [3.63, 3.8) is 0 Å². The number of rotatable bonds is 2. The first-order valence-corrected chi connectivity index (χ1v) is 3.79. The fourth-order valence-electron chi connectivity index (χ4n) is 1.27. The minimum absolute atomic E-state index is 0.0718. The summed E-state index contributed by atoms with van der Waals surface area (Å²) < 4.78 is 5.15. The molecule has 1 rings (SSSR count). The highest BCUT2D eigenvalue weighted by molar-refractivity contribution is 5.77. The van der Waals surface area contributed by atoms with Crippen LogP contribution in [0, 0.1) is 0 Å². The molecule has 0 aromatic carbocycles. The lowest BCUT2D eigenvalue weighted by Gasteiger charge is -2.31. The monoisotopic (exact) mass is 159 g/mol. The first kappa shape index (κ1) is 8.49. The van der Waals surface area contributed by atoms with Gasteiger partial charge in [-0.25, -0.2) is 4.79 Å². The zero-order valence-electron chi connectivity index (χ0n) is 6.38. The van der Waals surface area contributed by atoms with Crippen molar-refractivity contribution < 1.29 is 14.6 Å². The predicted molar refractivity (Wildman–Crippen MR) is 39.2 cm³/mol. The second-order valence-electron chi connectivity index (χ2n) is 2.81. The molecule has 0 aromatic heterocycles. The van der Waals surface area contributed by atoms with Gasteiger partial charge >= 0.3 is 5.97 Å². The summed E-state index contributed by atoms with van der Waals surface area (Å²) in [6, 6.07) is 0. The molecule has 1 aliphatic rings. The molecular weight excluding hydrogens is 146 g/mol. The smallest absolute Gasteiger partial charge is 0.337 e. The molecule has 0 amide bonds. The number of ether oxygens (including phenoxy) is 1. The van der Waals surface area contributed by atoms with Crippen molar-refractivity contribution in [3.8, 4) is 0 Å². The van der Waals surface area contributed by atoms with Crippen molar-refractivity contribution in [2.45, 2.75) is 24.9 Å². The van der Waals surface area contributed by atoms with Crippen molar-refractivity contribution in [2.24, 2.45) is 5.73 Å². The second-order valence-corrected chi connectivity index (χ2v) is 2.81. The molecule has 1 saturated heterocycles. The van der Waals surface area contributed by atoms with Crippen molar-refractivity contribution in [2.75, 3.05) is 13.2 Å². The first-order chi connectivity index (χ1) is 5.21. The van der Waals surface area contributed by atoms with Crippen molar-refractivity contribution in [3.05, 3.63) is 0 Å². The van der Waals surface area contributed by atoms with E-state index < -0.39 is 11.6 Å². The molecule has 3 N–H and O–H groups in total. The lowest BCUT2D eigenvalue weighted by Crippen LogP contribution is -2.50. The summed E-state index contributed by atoms with van der Waals surface area (Å²) in [7, 11) is 0. The molecule has 1 heterocycles. The van der Waals surface area contributed by atoms with Crippen LogP contribution < -0.4 is 5.73 Å². The van der Waals surface area contributed by atoms with E-state index in [4.69, 9.17) is 15.6 Å². The van der Waals surface area contributed by atoms with E-state index >= 15 is 0 Å². The van der Waals surface area contributed by atoms with E-state index in [0.29, 0.717) is 13.0 Å². The number of carbonyl (C=O) groups is 1. The molecular formula is C7H13NO3. The molecule has 0 aromatic rings. The van der Waals surface area contributed by atoms with Crippen LogP contribution in [-0.2, 0) is 9.53 Å². The molecule has 0 bridgehead atoms. The molecule has 4 heteroatoms. The minimum atomic E-state index is -1.09. The number of carboxylic acid groups (broad SMARTS) is 1. The summed E-state index contributed by atoms with van der Waals surface area (Å²) in [6.07, 6.45) is 2.37. The Kier molecular flexibility index (Phi) is 2.46. The van der Waals surface area contributed by atoms with Crippen LogP contribution in [0.25, 0.3) is 0 Å². The molecule has 11 heavy (non-hydrogen) atoms. The molecule has 1 unspecified atom stereocenters. The third-order valence-electron chi connectivity index (χ3n) is 2.07. The van der Waals surface area contributed by atoms with Crippen molar-refractivity contribution in [1.29, 1.82) is 0 Å². The van der Waals surface area contributed by atoms with E-state index in [1.165, 1.54) is 0 Å². The van der Waals surface area contributed by atoms with Crippen LogP contribution in [0.1, 0.15) is 19.3 Å². The summed E-state index contributed by atoms with van der Waals surface area (Å²) >= 11 is 0. The normalized spacial score (nSPS) is 31.7. The van der Waals surface area contributed by atoms with Gasteiger partial charge in [-0.15, -0.1) is 0 Å². The lowest BCUT2D eigenvalue weighted by atomic mass is 9.94. The summed E-state index contributed by atoms with van der Waals surface area (Å²) in [4.78, 5) is 10.7. The standard InChI is InChI=1S/C7H13NO3/c8-5-7(6(9)10)3-1-2-4-11-7/h1-5,8H2,(H,9,10). The lowest BCUT2D eigenvalue weighted by molar-refractivity contribution is -0.170. The van der Waals surface area contributed by atoms with Crippen LogP contribution in [0.15, 0.2) is 0 Å². The van der Waals surface area contributed by atoms with Gasteiger partial charge in [0.05, 0.1) is 0 Å². The Morgan fingerprint density at radius 2 is 2.36 bits per heavy atom. The molecule has 64 valence electrons. The number of hydrogen-bond donors (Lipinski definition) is 2. The van der Waals surface area contributed by atoms with Gasteiger partial charge in [-0.3, -0.25) is 0 Å². The van der Waals surface area contributed by atoms with Crippen LogP contribution in [0.2, 0.25) is 0 Å². The molecule has 1 aliphatic heterocycles. The predicted octanol–water partition coefficient (Wildman–Crippen LogP) is -0.0310. The topological polar surface area (TPSA) is 72.6 Å². The quantitative estimate of drug-likeness (QED) is 0.593. The van der Waals surface area contributed by atoms with Crippen molar-refractivity contribution in [1.82, 2.24) is 0 Å². The molecule has 4 nitrogen and oxygen atoms in total. The van der Waals surface area contributed by atoms with Crippen LogP contribution in [-0.4, -0.2) is 29.8 Å². The summed E-state index contributed by atoms with van der Waals surface area (Å²) in [6.45, 7) is 0.589. The van der Waals surface area contributed by atoms with E-state index in [1.807, 2.05) is 0 Å². The maximum atomic E-state index is 10.7. The number of aliphatic carboxylic acids is 1. The van der Waals surface area contributed by atoms with Gasteiger partial charge in [0.1, 0.15) is 0 Å². The first-order valence-electron chi connectivity index (χ1n) is 3.79. The maximum Gasteiger partial charge on any atom is 0.337 e. The van der Waals surface area contributed by atoms with Gasteiger partial charge in [-0.05, 0) is 19.3 Å². The SMILES string of the molecule is NCC1(C(=O)O)CCCCO1. The summed E-state index contributed by atoms with van der Waals surface area (Å²) in [5, 5.41) is 8.78. The van der Waals surface area contributed by atoms with Gasteiger partial charge in [-0.2, -0.15) is 0 Å². The highest BCUT2D eigenvalue weighted by atomic mass is 16.5. The molecule has 0 saturated carbocycles. The molecule has 0 spiro atoms. The van der Waals surface area contributed by atoms with E-state index in [0.717, 1.165) is 12.8 Å². The third-order valence-corrected chi connectivity index (χ3v) is 2.07. The Labute approximate surface area is 65.3 Å². The Hall–Kier alpha value is -0.610. The molecule has 0 aliphatic carbocycles. The zero-order valence-corrected chi connectivity index (χ0v) is 6.38. The van der Waals surface area contributed by atoms with Gasteiger partial charge in [0.25, 0.3) is 0 Å². The van der Waals surface area contributed by atoms with E-state index in [9.17, 15) is 4.79 Å². The average Bonchev–Trinajstić information content (AvgIpc) is 2.05. The van der Waals surface area contributed by atoms with E-state index in [-0.39, 0.29) is 6.54 Å². The summed E-state index contributed by atoms with van der Waals surface area (Å²) in [5.41, 5.74) is 4.25. The highest BCUT2D eigenvalue weighted by Crippen LogP contribution is 2.23. The minimum Gasteiger partial charge on any atom is -0.479 e. The Balaban J connectivity index is 2.64. The van der Waals surface area contributed by atoms with Crippen LogP contribution in [0.3, 0.4) is 0 Å². The largest absolute Gasteiger partial charge is 0.479 e. The second kappa shape index (κ2) is 3.19. The van der Waals surface area contributed by atoms with Crippen LogP contribution in [0.5, 0.6) is 0 Å². The number of hydrogen-bond acceptors (Lipinski definition) is 3. The molecule has 1 fully saturated rings. The van der Waals surface area contributed by atoms with E-state index in [1.54, 1.807) is 0 Å². The van der Waals surface area contributed by atoms with Gasteiger partial charge in [0.15, 0.2) is 5.60 Å². The number of nitrogens with two attached hydrogens (primary N) is 1. The third kappa shape index (κ3) is 1.52. The van der Waals surface area contributed by atoms with E-state index in [2.05, 4.69) is 0 Å². The van der Waals surface area contributed by atoms with Crippen molar-refractivity contribution >= 4 is 5.97 Å². The molecule has 1 atom stereocenters. The van der Waals surface area contributed by atoms with Crippen LogP contribution in [0.4, 0.5) is 0 Å². The maximum absolute atomic E-state index is 10.7. The van der Waals surface area contributed by atoms with Gasteiger partial charge in [-0.1, -0.05) is 0 Å². The van der Waals surface area contributed by atoms with Gasteiger partial charge in [0.2, 0.25) is 0 Å². The zero-order chi connectivity index (χ0) is 8.32. The number of carboxylic acids is 1. The Morgan fingerprint density at radius 3 is 2.64 bits per heavy atom. The average molecular weight is 159 g/mol. The highest BCUT2D eigenvalue weighted by Gasteiger charge is 2.39. The Morgan fingerprint density at radius 1 is 1.64 bits per heavy atom. The van der Waals surface area contributed by atoms with Gasteiger partial charge < -0.3 is 15.6 Å². The summed E-state index contributed by atoms with van der Waals surface area (Å²) in [5.74, 6) is -0.931. The van der Waals surface area contributed by atoms with Crippen LogP contribution >= 0.6 is 0 Å². The fourth-order valence-corrected chi connectivity index (χ4v) is 1.27. The Bertz CT molecular complexity index is 152.